The number of pyridine rings is 1. The van der Waals surface area contributed by atoms with Crippen LogP contribution in [0.4, 0.5) is 0 Å². The number of hydrogen-bond acceptors (Lipinski definition) is 7. The summed E-state index contributed by atoms with van der Waals surface area (Å²) >= 11 is 0. The topological polar surface area (TPSA) is 97.8 Å². The molecule has 4 rings (SSSR count). The average Bonchev–Trinajstić information content (AvgIpc) is 3.13. The highest BCUT2D eigenvalue weighted by molar-refractivity contribution is 7.91. The number of ether oxygens (including phenoxy) is 2. The standard InChI is InChI=1S/C24H31N3O5S/c1-2-31-23-13-19(8-9-22(23)32-15-18-7-6-10-25-14-18)24(28)26-20-16-33(29,30)17-21(20)27-11-4-3-5-12-27/h6-10,13-14,20-21H,2-5,11-12,15-17H2,1H3,(H,26,28). The van der Waals surface area contributed by atoms with E-state index in [1.807, 2.05) is 19.1 Å². The lowest BCUT2D eigenvalue weighted by atomic mass is 10.0. The fraction of sp³-hybridized carbons (Fsp3) is 0.500. The van der Waals surface area contributed by atoms with Crippen molar-refractivity contribution in [2.75, 3.05) is 31.2 Å². The Kier molecular flexibility index (Phi) is 7.49. The average molecular weight is 474 g/mol. The highest BCUT2D eigenvalue weighted by atomic mass is 32.2. The fourth-order valence-corrected chi connectivity index (χ4v) is 6.46. The molecule has 0 spiro atoms. The van der Waals surface area contributed by atoms with Crippen molar-refractivity contribution in [3.05, 3.63) is 53.9 Å². The molecule has 8 nitrogen and oxygen atoms in total. The van der Waals surface area contributed by atoms with Crippen molar-refractivity contribution in [1.29, 1.82) is 0 Å². The lowest BCUT2D eigenvalue weighted by Gasteiger charge is -2.35. The van der Waals surface area contributed by atoms with Crippen LogP contribution in [0.1, 0.15) is 42.1 Å². The number of carbonyl (C=O) groups excluding carboxylic acids is 1. The van der Waals surface area contributed by atoms with E-state index in [-0.39, 0.29) is 23.5 Å². The van der Waals surface area contributed by atoms with Crippen LogP contribution in [0, 0.1) is 0 Å². The molecule has 1 aromatic heterocycles. The van der Waals surface area contributed by atoms with Gasteiger partial charge in [-0.05, 0) is 57.1 Å². The fourth-order valence-electron chi connectivity index (χ4n) is 4.51. The number of amides is 1. The molecular weight excluding hydrogens is 442 g/mol. The number of rotatable bonds is 8. The molecule has 2 unspecified atom stereocenters. The van der Waals surface area contributed by atoms with Crippen LogP contribution in [0.15, 0.2) is 42.7 Å². The van der Waals surface area contributed by atoms with Crippen LogP contribution < -0.4 is 14.8 Å². The van der Waals surface area contributed by atoms with Crippen LogP contribution in [0.2, 0.25) is 0 Å². The Morgan fingerprint density at radius 1 is 1.12 bits per heavy atom. The smallest absolute Gasteiger partial charge is 0.251 e. The number of sulfone groups is 1. The van der Waals surface area contributed by atoms with Gasteiger partial charge < -0.3 is 14.8 Å². The van der Waals surface area contributed by atoms with Crippen LogP contribution in [0.5, 0.6) is 11.5 Å². The summed E-state index contributed by atoms with van der Waals surface area (Å²) in [6.45, 7) is 4.38. The largest absolute Gasteiger partial charge is 0.490 e. The molecule has 9 heteroatoms. The van der Waals surface area contributed by atoms with Crippen molar-refractivity contribution in [2.24, 2.45) is 0 Å². The van der Waals surface area contributed by atoms with Gasteiger partial charge in [0.1, 0.15) is 6.61 Å². The maximum absolute atomic E-state index is 13.1. The first-order valence-electron chi connectivity index (χ1n) is 11.5. The second kappa shape index (κ2) is 10.5. The number of nitrogens with one attached hydrogen (secondary N) is 1. The zero-order chi connectivity index (χ0) is 23.3. The Labute approximate surface area is 195 Å². The van der Waals surface area contributed by atoms with E-state index in [0.717, 1.165) is 31.5 Å². The molecule has 2 saturated heterocycles. The summed E-state index contributed by atoms with van der Waals surface area (Å²) < 4.78 is 36.3. The first kappa shape index (κ1) is 23.5. The van der Waals surface area contributed by atoms with Gasteiger partial charge >= 0.3 is 0 Å². The minimum atomic E-state index is -3.19. The molecule has 0 radical (unpaired) electrons. The van der Waals surface area contributed by atoms with Crippen LogP contribution in [0.3, 0.4) is 0 Å². The van der Waals surface area contributed by atoms with E-state index in [2.05, 4.69) is 15.2 Å². The second-order valence-corrected chi connectivity index (χ2v) is 10.7. The molecule has 2 aromatic rings. The van der Waals surface area contributed by atoms with Crippen LogP contribution >= 0.6 is 0 Å². The van der Waals surface area contributed by atoms with Gasteiger partial charge in [0.05, 0.1) is 24.2 Å². The summed E-state index contributed by atoms with van der Waals surface area (Å²) in [5.41, 5.74) is 1.34. The van der Waals surface area contributed by atoms with Crippen LogP contribution in [-0.2, 0) is 16.4 Å². The Bertz CT molecular complexity index is 1060. The number of nitrogens with zero attached hydrogens (tertiary/aromatic N) is 2. The lowest BCUT2D eigenvalue weighted by molar-refractivity contribution is 0.0899. The summed E-state index contributed by atoms with van der Waals surface area (Å²) in [5, 5.41) is 2.98. The molecular formula is C24H31N3O5S. The molecule has 178 valence electrons. The molecule has 0 bridgehead atoms. The molecule has 33 heavy (non-hydrogen) atoms. The number of carbonyl (C=O) groups is 1. The van der Waals surface area contributed by atoms with E-state index in [4.69, 9.17) is 9.47 Å². The van der Waals surface area contributed by atoms with Gasteiger partial charge in [0, 0.05) is 29.6 Å². The van der Waals surface area contributed by atoms with E-state index in [1.54, 1.807) is 30.6 Å². The van der Waals surface area contributed by atoms with Crippen molar-refractivity contribution >= 4 is 15.7 Å². The Morgan fingerprint density at radius 3 is 2.67 bits per heavy atom. The van der Waals surface area contributed by atoms with Gasteiger partial charge in [-0.2, -0.15) is 0 Å². The van der Waals surface area contributed by atoms with Gasteiger partial charge in [0.15, 0.2) is 21.3 Å². The number of hydrogen-bond donors (Lipinski definition) is 1. The molecule has 1 aromatic carbocycles. The van der Waals surface area contributed by atoms with E-state index < -0.39 is 15.9 Å². The number of benzene rings is 1. The zero-order valence-corrected chi connectivity index (χ0v) is 19.7. The molecule has 3 heterocycles. The van der Waals surface area contributed by atoms with Gasteiger partial charge in [-0.1, -0.05) is 12.5 Å². The van der Waals surface area contributed by atoms with Crippen molar-refractivity contribution in [3.8, 4) is 11.5 Å². The van der Waals surface area contributed by atoms with Crippen LogP contribution in [-0.4, -0.2) is 67.5 Å². The summed E-state index contributed by atoms with van der Waals surface area (Å²) in [5.74, 6) is 0.778. The van der Waals surface area contributed by atoms with E-state index in [0.29, 0.717) is 30.3 Å². The predicted octanol–water partition coefficient (Wildman–Crippen LogP) is 2.44. The lowest BCUT2D eigenvalue weighted by Crippen LogP contribution is -2.52. The first-order chi connectivity index (χ1) is 15.9. The monoisotopic (exact) mass is 473 g/mol. The zero-order valence-electron chi connectivity index (χ0n) is 18.9. The molecule has 0 saturated carbocycles. The van der Waals surface area contributed by atoms with Crippen molar-refractivity contribution in [1.82, 2.24) is 15.2 Å². The van der Waals surface area contributed by atoms with Gasteiger partial charge in [0.2, 0.25) is 0 Å². The maximum Gasteiger partial charge on any atom is 0.251 e. The van der Waals surface area contributed by atoms with Gasteiger partial charge in [-0.25, -0.2) is 8.42 Å². The quantitative estimate of drug-likeness (QED) is 0.629. The summed E-state index contributed by atoms with van der Waals surface area (Å²) in [7, 11) is -3.19. The van der Waals surface area contributed by atoms with Crippen molar-refractivity contribution in [3.63, 3.8) is 0 Å². The minimum Gasteiger partial charge on any atom is -0.490 e. The normalized spacial score (nSPS) is 22.6. The molecule has 0 aliphatic carbocycles. The van der Waals surface area contributed by atoms with Gasteiger partial charge in [-0.3, -0.25) is 14.7 Å². The first-order valence-corrected chi connectivity index (χ1v) is 13.3. The number of likely N-dealkylation sites (tertiary alicyclic amines) is 1. The van der Waals surface area contributed by atoms with E-state index in [9.17, 15) is 13.2 Å². The second-order valence-electron chi connectivity index (χ2n) is 8.57. The Hall–Kier alpha value is -2.65. The molecule has 2 fully saturated rings. The van der Waals surface area contributed by atoms with Crippen molar-refractivity contribution in [2.45, 2.75) is 44.9 Å². The highest BCUT2D eigenvalue weighted by Gasteiger charge is 2.42. The van der Waals surface area contributed by atoms with Gasteiger partial charge in [0.25, 0.3) is 5.91 Å². The SMILES string of the molecule is CCOc1cc(C(=O)NC2CS(=O)(=O)CC2N2CCCCC2)ccc1OCc1cccnc1. The Morgan fingerprint density at radius 2 is 1.94 bits per heavy atom. The third-order valence-corrected chi connectivity index (χ3v) is 7.84. The summed E-state index contributed by atoms with van der Waals surface area (Å²) in [6, 6.07) is 8.21. The van der Waals surface area contributed by atoms with Crippen molar-refractivity contribution < 1.29 is 22.7 Å². The van der Waals surface area contributed by atoms with E-state index >= 15 is 0 Å². The summed E-state index contributed by atoms with van der Waals surface area (Å²) in [6.07, 6.45) is 6.73. The molecule has 1 amide bonds. The third kappa shape index (κ3) is 6.03. The maximum atomic E-state index is 13.1. The molecule has 2 atom stereocenters. The molecule has 1 N–H and O–H groups in total. The Balaban J connectivity index is 1.47. The number of aromatic nitrogens is 1. The minimum absolute atomic E-state index is 0.0233. The predicted molar refractivity (Wildman–Crippen MR) is 125 cm³/mol. The van der Waals surface area contributed by atoms with Gasteiger partial charge in [-0.15, -0.1) is 0 Å². The molecule has 2 aliphatic heterocycles. The number of piperidine rings is 1. The van der Waals surface area contributed by atoms with E-state index in [1.165, 1.54) is 6.42 Å². The molecule has 2 aliphatic rings. The third-order valence-electron chi connectivity index (χ3n) is 6.12. The highest BCUT2D eigenvalue weighted by Crippen LogP contribution is 2.30. The summed E-state index contributed by atoms with van der Waals surface area (Å²) in [4.78, 5) is 19.4. The van der Waals surface area contributed by atoms with Crippen LogP contribution in [0.25, 0.3) is 0 Å².